The van der Waals surface area contributed by atoms with E-state index in [9.17, 15) is 9.59 Å². The summed E-state index contributed by atoms with van der Waals surface area (Å²) in [5.74, 6) is -0.925. The monoisotopic (exact) mass is 260 g/mol. The number of urea groups is 1. The highest BCUT2D eigenvalue weighted by atomic mass is 16.4. The van der Waals surface area contributed by atoms with Crippen LogP contribution in [0.4, 0.5) is 4.79 Å². The molecule has 0 spiro atoms. The van der Waals surface area contributed by atoms with Gasteiger partial charge in [0.2, 0.25) is 0 Å². The number of amides is 2. The zero-order chi connectivity index (χ0) is 14.1. The van der Waals surface area contributed by atoms with Gasteiger partial charge < -0.3 is 20.0 Å². The summed E-state index contributed by atoms with van der Waals surface area (Å²) in [4.78, 5) is 25.6. The van der Waals surface area contributed by atoms with E-state index in [1.54, 1.807) is 11.9 Å². The van der Waals surface area contributed by atoms with Crippen molar-refractivity contribution in [1.82, 2.24) is 9.80 Å². The molecular weight excluding hydrogens is 236 g/mol. The summed E-state index contributed by atoms with van der Waals surface area (Å²) in [7, 11) is 1.58. The first-order valence-electron chi connectivity index (χ1n) is 6.32. The maximum Gasteiger partial charge on any atom is 0.320 e. The van der Waals surface area contributed by atoms with Crippen LogP contribution in [0.1, 0.15) is 33.1 Å². The molecule has 0 saturated carbocycles. The van der Waals surface area contributed by atoms with Crippen molar-refractivity contribution >= 4 is 12.0 Å². The quantitative estimate of drug-likeness (QED) is 0.682. The van der Waals surface area contributed by atoms with E-state index in [0.29, 0.717) is 0 Å². The van der Waals surface area contributed by atoms with Gasteiger partial charge in [0.25, 0.3) is 0 Å². The van der Waals surface area contributed by atoms with Gasteiger partial charge in [-0.25, -0.2) is 4.79 Å². The minimum atomic E-state index is -0.925. The molecule has 0 heterocycles. The number of aliphatic hydroxyl groups is 1. The number of rotatable bonds is 8. The second kappa shape index (κ2) is 8.74. The first-order chi connectivity index (χ1) is 8.47. The summed E-state index contributed by atoms with van der Waals surface area (Å²) in [6.45, 7) is 4.35. The first kappa shape index (κ1) is 16.7. The van der Waals surface area contributed by atoms with E-state index < -0.39 is 5.97 Å². The molecule has 2 amide bonds. The normalized spacial score (nSPS) is 10.5. The summed E-state index contributed by atoms with van der Waals surface area (Å²) in [5, 5.41) is 17.6. The molecule has 2 N–H and O–H groups in total. The number of aliphatic hydroxyl groups excluding tert-OH is 1. The number of nitrogens with zero attached hydrogens (tertiary/aromatic N) is 2. The average molecular weight is 260 g/mol. The Morgan fingerprint density at radius 2 is 1.72 bits per heavy atom. The second-order valence-electron chi connectivity index (χ2n) is 4.24. The smallest absolute Gasteiger partial charge is 0.320 e. The lowest BCUT2D eigenvalue weighted by Gasteiger charge is -2.33. The van der Waals surface area contributed by atoms with Gasteiger partial charge in [0, 0.05) is 26.2 Å². The third-order valence-corrected chi connectivity index (χ3v) is 2.96. The minimum absolute atomic E-state index is 0.0713. The number of hydrogen-bond donors (Lipinski definition) is 2. The van der Waals surface area contributed by atoms with Crippen LogP contribution in [0.5, 0.6) is 0 Å². The van der Waals surface area contributed by atoms with Crippen LogP contribution >= 0.6 is 0 Å². The molecule has 106 valence electrons. The maximum atomic E-state index is 12.2. The number of carbonyl (C=O) groups excluding carboxylic acids is 1. The Balaban J connectivity index is 4.58. The Bertz CT molecular complexity index is 267. The third kappa shape index (κ3) is 5.35. The molecule has 6 heteroatoms. The van der Waals surface area contributed by atoms with Gasteiger partial charge in [0.1, 0.15) is 0 Å². The highest BCUT2D eigenvalue weighted by Gasteiger charge is 2.23. The predicted molar refractivity (Wildman–Crippen MR) is 68.4 cm³/mol. The van der Waals surface area contributed by atoms with Crippen molar-refractivity contribution in [3.05, 3.63) is 0 Å². The van der Waals surface area contributed by atoms with Gasteiger partial charge in [-0.05, 0) is 12.8 Å². The van der Waals surface area contributed by atoms with Crippen molar-refractivity contribution < 1.29 is 19.8 Å². The van der Waals surface area contributed by atoms with Gasteiger partial charge in [-0.3, -0.25) is 4.79 Å². The van der Waals surface area contributed by atoms with Crippen molar-refractivity contribution in [2.24, 2.45) is 0 Å². The zero-order valence-corrected chi connectivity index (χ0v) is 11.4. The van der Waals surface area contributed by atoms with Crippen LogP contribution < -0.4 is 0 Å². The predicted octanol–water partition coefficient (Wildman–Crippen LogP) is 0.996. The topological polar surface area (TPSA) is 81.1 Å². The van der Waals surface area contributed by atoms with Crippen LogP contribution in [-0.2, 0) is 4.79 Å². The fourth-order valence-electron chi connectivity index (χ4n) is 1.85. The highest BCUT2D eigenvalue weighted by molar-refractivity contribution is 5.75. The Kier molecular flexibility index (Phi) is 8.11. The molecule has 0 aliphatic heterocycles. The van der Waals surface area contributed by atoms with Gasteiger partial charge in [-0.2, -0.15) is 0 Å². The molecule has 0 unspecified atom stereocenters. The number of carboxylic acids is 1. The van der Waals surface area contributed by atoms with Crippen LogP contribution in [0.2, 0.25) is 0 Å². The lowest BCUT2D eigenvalue weighted by molar-refractivity contribution is -0.137. The van der Waals surface area contributed by atoms with E-state index in [2.05, 4.69) is 0 Å². The fourth-order valence-corrected chi connectivity index (χ4v) is 1.85. The summed E-state index contributed by atoms with van der Waals surface area (Å²) in [6, 6.07) is -0.143. The largest absolute Gasteiger partial charge is 0.481 e. The van der Waals surface area contributed by atoms with E-state index in [4.69, 9.17) is 10.2 Å². The Labute approximate surface area is 108 Å². The summed E-state index contributed by atoms with van der Waals surface area (Å²) in [5.41, 5.74) is 0. The molecule has 6 nitrogen and oxygen atoms in total. The van der Waals surface area contributed by atoms with E-state index >= 15 is 0 Å². The van der Waals surface area contributed by atoms with Crippen LogP contribution in [-0.4, -0.2) is 64.8 Å². The van der Waals surface area contributed by atoms with Crippen LogP contribution in [0.25, 0.3) is 0 Å². The first-order valence-corrected chi connectivity index (χ1v) is 6.32. The Morgan fingerprint density at radius 3 is 2.11 bits per heavy atom. The molecule has 0 aliphatic rings. The summed E-state index contributed by atoms with van der Waals surface area (Å²) in [6.07, 6.45) is 1.56. The van der Waals surface area contributed by atoms with E-state index in [0.717, 1.165) is 12.8 Å². The molecule has 0 atom stereocenters. The fraction of sp³-hybridized carbons (Fsp3) is 0.833. The Morgan fingerprint density at radius 1 is 1.17 bits per heavy atom. The molecule has 0 bridgehead atoms. The SMILES string of the molecule is CCC(CC)N(CCO)C(=O)N(C)CCC(=O)O. The zero-order valence-electron chi connectivity index (χ0n) is 11.4. The number of carboxylic acid groups (broad SMARTS) is 1. The molecule has 18 heavy (non-hydrogen) atoms. The van der Waals surface area contributed by atoms with Crippen LogP contribution in [0.15, 0.2) is 0 Å². The van der Waals surface area contributed by atoms with Crippen molar-refractivity contribution in [3.8, 4) is 0 Å². The van der Waals surface area contributed by atoms with Crippen molar-refractivity contribution in [2.75, 3.05) is 26.7 Å². The van der Waals surface area contributed by atoms with Crippen molar-refractivity contribution in [3.63, 3.8) is 0 Å². The van der Waals surface area contributed by atoms with Gasteiger partial charge in [0.15, 0.2) is 0 Å². The van der Waals surface area contributed by atoms with Gasteiger partial charge in [-0.15, -0.1) is 0 Å². The Hall–Kier alpha value is -1.30. The van der Waals surface area contributed by atoms with Crippen molar-refractivity contribution in [2.45, 2.75) is 39.2 Å². The van der Waals surface area contributed by atoms with E-state index in [-0.39, 0.29) is 38.2 Å². The number of hydrogen-bond acceptors (Lipinski definition) is 3. The second-order valence-corrected chi connectivity index (χ2v) is 4.24. The molecule has 0 aromatic rings. The molecule has 0 aromatic heterocycles. The number of aliphatic carboxylic acids is 1. The minimum Gasteiger partial charge on any atom is -0.481 e. The van der Waals surface area contributed by atoms with E-state index in [1.165, 1.54) is 4.90 Å². The molecule has 0 aliphatic carbocycles. The van der Waals surface area contributed by atoms with Crippen LogP contribution in [0, 0.1) is 0 Å². The summed E-state index contributed by atoms with van der Waals surface area (Å²) < 4.78 is 0. The third-order valence-electron chi connectivity index (χ3n) is 2.96. The van der Waals surface area contributed by atoms with Gasteiger partial charge in [-0.1, -0.05) is 13.8 Å². The highest BCUT2D eigenvalue weighted by Crippen LogP contribution is 2.11. The molecule has 0 radical (unpaired) electrons. The standard InChI is InChI=1S/C12H24N2O4/c1-4-10(5-2)14(8-9-15)12(18)13(3)7-6-11(16)17/h10,15H,4-9H2,1-3H3,(H,16,17). The summed E-state index contributed by atoms with van der Waals surface area (Å²) >= 11 is 0. The van der Waals surface area contributed by atoms with Crippen molar-refractivity contribution in [1.29, 1.82) is 0 Å². The molecular formula is C12H24N2O4. The lowest BCUT2D eigenvalue weighted by Crippen LogP contribution is -2.48. The molecule has 0 aromatic carbocycles. The molecule has 0 rings (SSSR count). The van der Waals surface area contributed by atoms with Gasteiger partial charge >= 0.3 is 12.0 Å². The van der Waals surface area contributed by atoms with Crippen LogP contribution in [0.3, 0.4) is 0 Å². The van der Waals surface area contributed by atoms with Gasteiger partial charge in [0.05, 0.1) is 13.0 Å². The molecule has 0 saturated heterocycles. The van der Waals surface area contributed by atoms with E-state index in [1.807, 2.05) is 13.8 Å². The number of carbonyl (C=O) groups is 2. The average Bonchev–Trinajstić information content (AvgIpc) is 2.35. The maximum absolute atomic E-state index is 12.2. The molecule has 0 fully saturated rings. The lowest BCUT2D eigenvalue weighted by atomic mass is 10.1.